The second-order valence-electron chi connectivity index (χ2n) is 3.91. The summed E-state index contributed by atoms with van der Waals surface area (Å²) in [7, 11) is 0. The van der Waals surface area contributed by atoms with Gasteiger partial charge in [0.05, 0.1) is 23.2 Å². The van der Waals surface area contributed by atoms with E-state index in [1.165, 1.54) is 0 Å². The standard InChI is InChI=1S/C14H10Cl2N2/c1-9-5-7-18-14(11(9)4-6-17)12-8-10(15)2-3-13(12)16/h2-3,5,7-8H,4H2,1H3. The fourth-order valence-corrected chi connectivity index (χ4v) is 2.18. The number of nitriles is 1. The molecule has 1 aromatic heterocycles. The molecular weight excluding hydrogens is 267 g/mol. The van der Waals surface area contributed by atoms with Crippen molar-refractivity contribution in [3.8, 4) is 17.3 Å². The molecule has 1 aromatic carbocycles. The Balaban J connectivity index is 2.67. The van der Waals surface area contributed by atoms with Crippen molar-refractivity contribution in [2.24, 2.45) is 0 Å². The number of benzene rings is 1. The Kier molecular flexibility index (Phi) is 3.86. The number of hydrogen-bond donors (Lipinski definition) is 0. The third kappa shape index (κ3) is 2.48. The van der Waals surface area contributed by atoms with Crippen molar-refractivity contribution >= 4 is 23.2 Å². The molecule has 0 aliphatic rings. The van der Waals surface area contributed by atoms with Crippen LogP contribution in [0.2, 0.25) is 10.0 Å². The van der Waals surface area contributed by atoms with Gasteiger partial charge in [0, 0.05) is 16.8 Å². The summed E-state index contributed by atoms with van der Waals surface area (Å²) in [6.45, 7) is 1.95. The number of hydrogen-bond acceptors (Lipinski definition) is 2. The minimum absolute atomic E-state index is 0.303. The highest BCUT2D eigenvalue weighted by molar-refractivity contribution is 6.35. The van der Waals surface area contributed by atoms with Crippen LogP contribution in [0.1, 0.15) is 11.1 Å². The summed E-state index contributed by atoms with van der Waals surface area (Å²) in [5.41, 5.74) is 3.41. The van der Waals surface area contributed by atoms with Crippen LogP contribution in [0.25, 0.3) is 11.3 Å². The van der Waals surface area contributed by atoms with Gasteiger partial charge >= 0.3 is 0 Å². The van der Waals surface area contributed by atoms with Crippen molar-refractivity contribution < 1.29 is 0 Å². The van der Waals surface area contributed by atoms with Crippen molar-refractivity contribution in [2.75, 3.05) is 0 Å². The SMILES string of the molecule is Cc1ccnc(-c2cc(Cl)ccc2Cl)c1CC#N. The number of nitrogens with zero attached hydrogens (tertiary/aromatic N) is 2. The van der Waals surface area contributed by atoms with Crippen LogP contribution < -0.4 is 0 Å². The summed E-state index contributed by atoms with van der Waals surface area (Å²) in [6, 6.07) is 9.27. The first-order valence-electron chi connectivity index (χ1n) is 5.40. The highest BCUT2D eigenvalue weighted by atomic mass is 35.5. The van der Waals surface area contributed by atoms with Gasteiger partial charge in [-0.1, -0.05) is 23.2 Å². The van der Waals surface area contributed by atoms with Crippen molar-refractivity contribution in [1.29, 1.82) is 5.26 Å². The molecule has 18 heavy (non-hydrogen) atoms. The van der Waals surface area contributed by atoms with Gasteiger partial charge in [-0.2, -0.15) is 5.26 Å². The molecule has 0 bridgehead atoms. The quantitative estimate of drug-likeness (QED) is 0.814. The van der Waals surface area contributed by atoms with E-state index >= 15 is 0 Å². The largest absolute Gasteiger partial charge is 0.256 e. The van der Waals surface area contributed by atoms with E-state index in [4.69, 9.17) is 28.5 Å². The molecule has 90 valence electrons. The van der Waals surface area contributed by atoms with Crippen LogP contribution in [0.15, 0.2) is 30.5 Å². The monoisotopic (exact) mass is 276 g/mol. The summed E-state index contributed by atoms with van der Waals surface area (Å²) in [4.78, 5) is 4.34. The number of pyridine rings is 1. The summed E-state index contributed by atoms with van der Waals surface area (Å²) in [6.07, 6.45) is 2.01. The highest BCUT2D eigenvalue weighted by Gasteiger charge is 2.12. The van der Waals surface area contributed by atoms with Crippen molar-refractivity contribution in [3.63, 3.8) is 0 Å². The Hall–Kier alpha value is -1.56. The van der Waals surface area contributed by atoms with Gasteiger partial charge in [-0.25, -0.2) is 0 Å². The molecule has 0 aliphatic heterocycles. The summed E-state index contributed by atoms with van der Waals surface area (Å²) in [5, 5.41) is 10.1. The molecule has 0 N–H and O–H groups in total. The molecule has 0 atom stereocenters. The second-order valence-corrected chi connectivity index (χ2v) is 4.76. The topological polar surface area (TPSA) is 36.7 Å². The lowest BCUT2D eigenvalue weighted by molar-refractivity contribution is 1.15. The molecule has 0 unspecified atom stereocenters. The van der Waals surface area contributed by atoms with Gasteiger partial charge in [0.15, 0.2) is 0 Å². The van der Waals surface area contributed by atoms with Crippen LogP contribution in [0.5, 0.6) is 0 Å². The Bertz CT molecular complexity index is 630. The van der Waals surface area contributed by atoms with Gasteiger partial charge in [-0.3, -0.25) is 4.98 Å². The molecule has 0 spiro atoms. The number of aryl methyl sites for hydroxylation is 1. The van der Waals surface area contributed by atoms with E-state index in [-0.39, 0.29) is 0 Å². The lowest BCUT2D eigenvalue weighted by Gasteiger charge is -2.10. The number of halogens is 2. The normalized spacial score (nSPS) is 10.1. The maximum Gasteiger partial charge on any atom is 0.0762 e. The van der Waals surface area contributed by atoms with Crippen molar-refractivity contribution in [2.45, 2.75) is 13.3 Å². The molecule has 2 aromatic rings. The van der Waals surface area contributed by atoms with E-state index < -0.39 is 0 Å². The first kappa shape index (κ1) is 12.9. The third-order valence-electron chi connectivity index (χ3n) is 2.73. The van der Waals surface area contributed by atoms with Crippen molar-refractivity contribution in [3.05, 3.63) is 51.6 Å². The van der Waals surface area contributed by atoms with Gasteiger partial charge in [0.25, 0.3) is 0 Å². The molecular formula is C14H10Cl2N2. The number of rotatable bonds is 2. The van der Waals surface area contributed by atoms with E-state index in [0.29, 0.717) is 16.5 Å². The summed E-state index contributed by atoms with van der Waals surface area (Å²) >= 11 is 12.2. The van der Waals surface area contributed by atoms with Gasteiger partial charge in [0.1, 0.15) is 0 Å². The zero-order valence-corrected chi connectivity index (χ0v) is 11.3. The van der Waals surface area contributed by atoms with E-state index in [2.05, 4.69) is 11.1 Å². The maximum atomic E-state index is 8.90. The van der Waals surface area contributed by atoms with Crippen LogP contribution in [-0.4, -0.2) is 4.98 Å². The average molecular weight is 277 g/mol. The van der Waals surface area contributed by atoms with Gasteiger partial charge in [0.2, 0.25) is 0 Å². The molecule has 0 saturated heterocycles. The fraction of sp³-hybridized carbons (Fsp3) is 0.143. The molecule has 2 nitrogen and oxygen atoms in total. The predicted octanol–water partition coefficient (Wildman–Crippen LogP) is 4.43. The zero-order chi connectivity index (χ0) is 13.1. The van der Waals surface area contributed by atoms with Crippen LogP contribution in [-0.2, 0) is 6.42 Å². The Morgan fingerprint density at radius 2 is 2.06 bits per heavy atom. The molecule has 0 fully saturated rings. The van der Waals surface area contributed by atoms with Crippen LogP contribution in [0.3, 0.4) is 0 Å². The molecule has 4 heteroatoms. The number of aromatic nitrogens is 1. The predicted molar refractivity (Wildman–Crippen MR) is 73.7 cm³/mol. The van der Waals surface area contributed by atoms with Gasteiger partial charge in [-0.15, -0.1) is 0 Å². The molecule has 0 radical (unpaired) electrons. The second kappa shape index (κ2) is 5.39. The Morgan fingerprint density at radius 1 is 1.28 bits per heavy atom. The Labute approximate surface area is 116 Å². The van der Waals surface area contributed by atoms with Crippen LogP contribution in [0.4, 0.5) is 0 Å². The lowest BCUT2D eigenvalue weighted by Crippen LogP contribution is -1.96. The molecule has 0 saturated carbocycles. The summed E-state index contributed by atoms with van der Waals surface area (Å²) in [5.74, 6) is 0. The molecule has 0 amide bonds. The van der Waals surface area contributed by atoms with Gasteiger partial charge < -0.3 is 0 Å². The van der Waals surface area contributed by atoms with Crippen LogP contribution in [0, 0.1) is 18.3 Å². The Morgan fingerprint density at radius 3 is 2.78 bits per heavy atom. The maximum absolute atomic E-state index is 8.90. The van der Waals surface area contributed by atoms with E-state index in [9.17, 15) is 0 Å². The third-order valence-corrected chi connectivity index (χ3v) is 3.29. The molecule has 2 rings (SSSR count). The average Bonchev–Trinajstić information content (AvgIpc) is 2.35. The molecule has 1 heterocycles. The summed E-state index contributed by atoms with van der Waals surface area (Å²) < 4.78 is 0. The smallest absolute Gasteiger partial charge is 0.0762 e. The van der Waals surface area contributed by atoms with Gasteiger partial charge in [-0.05, 0) is 42.3 Å². The van der Waals surface area contributed by atoms with Crippen molar-refractivity contribution in [1.82, 2.24) is 4.98 Å². The zero-order valence-electron chi connectivity index (χ0n) is 9.74. The lowest BCUT2D eigenvalue weighted by atomic mass is 10.00. The fourth-order valence-electron chi connectivity index (χ4n) is 1.80. The molecule has 0 aliphatic carbocycles. The highest BCUT2D eigenvalue weighted by Crippen LogP contribution is 2.32. The minimum atomic E-state index is 0.303. The van der Waals surface area contributed by atoms with Crippen LogP contribution >= 0.6 is 23.2 Å². The van der Waals surface area contributed by atoms with E-state index in [1.807, 2.05) is 13.0 Å². The van der Waals surface area contributed by atoms with E-state index in [1.54, 1.807) is 24.4 Å². The first-order chi connectivity index (χ1) is 8.63. The first-order valence-corrected chi connectivity index (χ1v) is 6.16. The van der Waals surface area contributed by atoms with E-state index in [0.717, 1.165) is 22.4 Å². The minimum Gasteiger partial charge on any atom is -0.256 e.